The molecule has 0 aliphatic rings. The monoisotopic (exact) mass is 254 g/mol. The van der Waals surface area contributed by atoms with Crippen molar-refractivity contribution < 1.29 is 4.79 Å². The molecule has 0 saturated heterocycles. The van der Waals surface area contributed by atoms with Crippen LogP contribution < -0.4 is 5.73 Å². The Morgan fingerprint density at radius 1 is 1.11 bits per heavy atom. The summed E-state index contributed by atoms with van der Waals surface area (Å²) in [5.74, 6) is 0.696. The van der Waals surface area contributed by atoms with Gasteiger partial charge in [0, 0.05) is 12.8 Å². The van der Waals surface area contributed by atoms with Crippen LogP contribution in [0.4, 0.5) is 0 Å². The molecule has 0 heterocycles. The van der Waals surface area contributed by atoms with Gasteiger partial charge in [0.1, 0.15) is 11.6 Å². The summed E-state index contributed by atoms with van der Waals surface area (Å²) >= 11 is 0. The van der Waals surface area contributed by atoms with Crippen LogP contribution in [0.1, 0.15) is 53.9 Å². The third-order valence-electron chi connectivity index (χ3n) is 2.61. The zero-order chi connectivity index (χ0) is 14.4. The molecule has 0 aliphatic carbocycles. The summed E-state index contributed by atoms with van der Waals surface area (Å²) < 4.78 is 0. The van der Waals surface area contributed by atoms with E-state index in [1.165, 1.54) is 0 Å². The largest absolute Gasteiger partial charge is 0.386 e. The number of Topliss-reactive ketones (excluding diaryl/α,β-unsaturated/α-hetero) is 1. The Bertz CT molecular complexity index is 343. The van der Waals surface area contributed by atoms with E-state index in [0.717, 1.165) is 6.42 Å². The van der Waals surface area contributed by atoms with Crippen LogP contribution in [-0.4, -0.2) is 18.7 Å². The molecule has 0 aromatic rings. The summed E-state index contributed by atoms with van der Waals surface area (Å²) in [4.78, 5) is 11.2. The van der Waals surface area contributed by atoms with Crippen molar-refractivity contribution in [1.29, 1.82) is 0 Å². The number of hydrogen-bond donors (Lipinski definition) is 1. The number of carbonyl (C=O) groups excluding carboxylic acids is 1. The second-order valence-electron chi connectivity index (χ2n) is 6.44. The normalized spacial score (nSPS) is 14.2. The third-order valence-corrected chi connectivity index (χ3v) is 2.61. The summed E-state index contributed by atoms with van der Waals surface area (Å²) in [6.07, 6.45) is 2.13. The third kappa shape index (κ3) is 7.92. The van der Waals surface area contributed by atoms with Crippen molar-refractivity contribution >= 4 is 11.6 Å². The lowest BCUT2D eigenvalue weighted by molar-refractivity contribution is -0.119. The molecule has 0 radical (unpaired) electrons. The molecule has 5 nitrogen and oxygen atoms in total. The topological polar surface area (TPSA) is 80.2 Å². The first-order chi connectivity index (χ1) is 8.08. The molecule has 0 unspecified atom stereocenters. The smallest absolute Gasteiger partial charge is 0.130 e. The first-order valence-corrected chi connectivity index (χ1v) is 6.18. The van der Waals surface area contributed by atoms with E-state index in [1.807, 2.05) is 0 Å². The van der Waals surface area contributed by atoms with Gasteiger partial charge in [0.05, 0.1) is 7.05 Å². The number of amidine groups is 1. The maximum absolute atomic E-state index is 11.2. The van der Waals surface area contributed by atoms with Crippen LogP contribution in [0.3, 0.4) is 0 Å². The zero-order valence-electron chi connectivity index (χ0n) is 12.4. The van der Waals surface area contributed by atoms with Gasteiger partial charge in [0.25, 0.3) is 0 Å². The predicted molar refractivity (Wildman–Crippen MR) is 74.5 cm³/mol. The second kappa shape index (κ2) is 6.61. The van der Waals surface area contributed by atoms with Crippen LogP contribution >= 0.6 is 0 Å². The van der Waals surface area contributed by atoms with E-state index in [1.54, 1.807) is 14.0 Å². The number of nitrogens with zero attached hydrogens (tertiary/aromatic N) is 3. The maximum Gasteiger partial charge on any atom is 0.130 e. The molecule has 0 rings (SSSR count). The second-order valence-corrected chi connectivity index (χ2v) is 6.44. The van der Waals surface area contributed by atoms with Crippen LogP contribution in [0.15, 0.2) is 15.4 Å². The van der Waals surface area contributed by atoms with Crippen LogP contribution in [0.2, 0.25) is 0 Å². The first-order valence-electron chi connectivity index (χ1n) is 6.18. The van der Waals surface area contributed by atoms with Crippen molar-refractivity contribution in [2.45, 2.75) is 53.9 Å². The van der Waals surface area contributed by atoms with Gasteiger partial charge in [-0.1, -0.05) is 27.7 Å². The zero-order valence-corrected chi connectivity index (χ0v) is 12.4. The fraction of sp³-hybridized carbons (Fsp3) is 0.846. The molecule has 0 aromatic carbocycles. The van der Waals surface area contributed by atoms with Gasteiger partial charge in [-0.25, -0.2) is 0 Å². The fourth-order valence-electron chi connectivity index (χ4n) is 2.72. The number of nitrogens with two attached hydrogens (primary N) is 1. The van der Waals surface area contributed by atoms with Gasteiger partial charge in [0.2, 0.25) is 0 Å². The van der Waals surface area contributed by atoms with E-state index in [0.29, 0.717) is 18.7 Å². The van der Waals surface area contributed by atoms with E-state index in [2.05, 4.69) is 43.1 Å². The Kier molecular flexibility index (Phi) is 6.15. The summed E-state index contributed by atoms with van der Waals surface area (Å²) in [6, 6.07) is 0. The number of ketones is 1. The van der Waals surface area contributed by atoms with Gasteiger partial charge in [-0.3, -0.25) is 0 Å². The molecule has 0 fully saturated rings. The Morgan fingerprint density at radius 2 is 1.61 bits per heavy atom. The van der Waals surface area contributed by atoms with Crippen molar-refractivity contribution in [2.75, 3.05) is 7.05 Å². The summed E-state index contributed by atoms with van der Waals surface area (Å²) in [7, 11) is 1.55. The molecule has 0 aliphatic heterocycles. The molecule has 0 spiro atoms. The van der Waals surface area contributed by atoms with Crippen molar-refractivity contribution in [3.8, 4) is 0 Å². The highest BCUT2D eigenvalue weighted by Crippen LogP contribution is 2.38. The lowest BCUT2D eigenvalue weighted by Crippen LogP contribution is -2.29. The molecular weight excluding hydrogens is 228 g/mol. The van der Waals surface area contributed by atoms with Crippen molar-refractivity contribution in [1.82, 2.24) is 0 Å². The Labute approximate surface area is 110 Å². The van der Waals surface area contributed by atoms with Gasteiger partial charge < -0.3 is 10.5 Å². The van der Waals surface area contributed by atoms with Gasteiger partial charge in [-0.05, 0) is 29.4 Å². The van der Waals surface area contributed by atoms with Gasteiger partial charge >= 0.3 is 0 Å². The average Bonchev–Trinajstić information content (AvgIpc) is 2.08. The molecular formula is C13H26N4O. The molecule has 5 heteroatoms. The highest BCUT2D eigenvalue weighted by atomic mass is 16.1. The quantitative estimate of drug-likeness (QED) is 0.328. The minimum absolute atomic E-state index is 0.0181. The van der Waals surface area contributed by atoms with Crippen LogP contribution in [0.25, 0.3) is 0 Å². The predicted octanol–water partition coefficient (Wildman–Crippen LogP) is 3.15. The highest BCUT2D eigenvalue weighted by Gasteiger charge is 2.30. The molecule has 104 valence electrons. The van der Waals surface area contributed by atoms with Gasteiger partial charge in [0.15, 0.2) is 0 Å². The average molecular weight is 254 g/mol. The molecule has 0 aromatic heterocycles. The molecule has 0 saturated carbocycles. The number of hydrogen-bond acceptors (Lipinski definition) is 3. The molecule has 0 bridgehead atoms. The number of carbonyl (C=O) groups is 1. The Balaban J connectivity index is 4.60. The van der Waals surface area contributed by atoms with Crippen LogP contribution in [0, 0.1) is 10.8 Å². The van der Waals surface area contributed by atoms with Crippen molar-refractivity contribution in [2.24, 2.45) is 32.0 Å². The summed E-state index contributed by atoms with van der Waals surface area (Å²) in [5.41, 5.74) is 5.75. The summed E-state index contributed by atoms with van der Waals surface area (Å²) in [6.45, 7) is 10.1. The highest BCUT2D eigenvalue weighted by molar-refractivity contribution is 5.80. The fourth-order valence-corrected chi connectivity index (χ4v) is 2.72. The Morgan fingerprint density at radius 3 is 2.06 bits per heavy atom. The minimum atomic E-state index is -0.0259. The standard InChI is InChI=1S/C13H26N4O/c1-10(18)7-12(2,3)9-13(4,5)8-11(14)16-17-15-6/h7-9H2,1-6H3,(H2,14,15,16). The van der Waals surface area contributed by atoms with Crippen molar-refractivity contribution in [3.05, 3.63) is 0 Å². The van der Waals surface area contributed by atoms with E-state index < -0.39 is 0 Å². The van der Waals surface area contributed by atoms with Gasteiger partial charge in [-0.15, -0.1) is 5.10 Å². The lowest BCUT2D eigenvalue weighted by Gasteiger charge is -2.34. The van der Waals surface area contributed by atoms with Crippen LogP contribution in [0.5, 0.6) is 0 Å². The van der Waals surface area contributed by atoms with Crippen molar-refractivity contribution in [3.63, 3.8) is 0 Å². The number of rotatable bonds is 7. The van der Waals surface area contributed by atoms with Crippen LogP contribution in [-0.2, 0) is 4.79 Å². The lowest BCUT2D eigenvalue weighted by atomic mass is 9.71. The van der Waals surface area contributed by atoms with E-state index >= 15 is 0 Å². The molecule has 2 N–H and O–H groups in total. The minimum Gasteiger partial charge on any atom is -0.386 e. The summed E-state index contributed by atoms with van der Waals surface area (Å²) in [5, 5.41) is 10.9. The van der Waals surface area contributed by atoms with Gasteiger partial charge in [-0.2, -0.15) is 5.11 Å². The molecule has 0 atom stereocenters. The first kappa shape index (κ1) is 16.7. The maximum atomic E-state index is 11.2. The molecule has 0 amide bonds. The SMILES string of the molecule is CN=NN=C(N)CC(C)(C)CC(C)(C)CC(C)=O. The Hall–Kier alpha value is -1.26. The molecule has 18 heavy (non-hydrogen) atoms. The van der Waals surface area contributed by atoms with E-state index in [9.17, 15) is 4.79 Å². The van der Waals surface area contributed by atoms with E-state index in [-0.39, 0.29) is 16.6 Å². The van der Waals surface area contributed by atoms with E-state index in [4.69, 9.17) is 5.73 Å².